The van der Waals surface area contributed by atoms with Gasteiger partial charge in [0, 0.05) is 23.6 Å². The number of benzene rings is 1. The lowest BCUT2D eigenvalue weighted by atomic mass is 10.0. The van der Waals surface area contributed by atoms with Gasteiger partial charge in [-0.1, -0.05) is 34.1 Å². The van der Waals surface area contributed by atoms with Crippen LogP contribution in [0.2, 0.25) is 0 Å². The molecule has 1 N–H and O–H groups in total. The molecule has 4 nitrogen and oxygen atoms in total. The van der Waals surface area contributed by atoms with Crippen molar-refractivity contribution in [3.63, 3.8) is 0 Å². The van der Waals surface area contributed by atoms with Crippen LogP contribution in [-0.4, -0.2) is 42.3 Å². The van der Waals surface area contributed by atoms with Crippen molar-refractivity contribution in [2.45, 2.75) is 12.5 Å². The molecule has 1 unspecified atom stereocenters. The fourth-order valence-corrected chi connectivity index (χ4v) is 2.78. The Kier molecular flexibility index (Phi) is 4.74. The molecule has 0 saturated carbocycles. The molecule has 98 valence electrons. The van der Waals surface area contributed by atoms with E-state index in [1.807, 2.05) is 24.3 Å². The van der Waals surface area contributed by atoms with Gasteiger partial charge in [-0.3, -0.25) is 9.69 Å². The van der Waals surface area contributed by atoms with Crippen LogP contribution in [0.3, 0.4) is 0 Å². The second kappa shape index (κ2) is 6.31. The molecule has 0 radical (unpaired) electrons. The fourth-order valence-electron chi connectivity index (χ4n) is 2.24. The number of halogens is 1. The zero-order valence-electron chi connectivity index (χ0n) is 10.0. The summed E-state index contributed by atoms with van der Waals surface area (Å²) in [5, 5.41) is 9.09. The Morgan fingerprint density at radius 3 is 2.67 bits per heavy atom. The van der Waals surface area contributed by atoms with Crippen molar-refractivity contribution in [3.8, 4) is 0 Å². The first-order valence-electron chi connectivity index (χ1n) is 5.96. The molecule has 0 bridgehead atoms. The molecule has 1 aliphatic rings. The fraction of sp³-hybridized carbons (Fsp3) is 0.462. The molecular weight excluding hydrogens is 298 g/mol. The van der Waals surface area contributed by atoms with E-state index in [1.54, 1.807) is 0 Å². The van der Waals surface area contributed by atoms with E-state index < -0.39 is 5.97 Å². The van der Waals surface area contributed by atoms with Crippen molar-refractivity contribution in [1.82, 2.24) is 4.90 Å². The number of nitrogens with zero attached hydrogens (tertiary/aromatic N) is 1. The topological polar surface area (TPSA) is 49.8 Å². The maximum Gasteiger partial charge on any atom is 0.305 e. The summed E-state index contributed by atoms with van der Waals surface area (Å²) >= 11 is 3.50. The highest BCUT2D eigenvalue weighted by Gasteiger charge is 2.26. The first-order chi connectivity index (χ1) is 8.68. The van der Waals surface area contributed by atoms with Crippen molar-refractivity contribution >= 4 is 21.9 Å². The third kappa shape index (κ3) is 3.31. The third-order valence-corrected chi connectivity index (χ3v) is 3.84. The van der Waals surface area contributed by atoms with Crippen LogP contribution in [-0.2, 0) is 9.53 Å². The number of carboxylic acids is 1. The highest BCUT2D eigenvalue weighted by atomic mass is 79.9. The standard InChI is InChI=1S/C13H16BrNO3/c14-11-4-2-1-3-10(11)12(9-13(16)17)15-5-7-18-8-6-15/h1-4,12H,5-9H2,(H,16,17). The van der Waals surface area contributed by atoms with Crippen LogP contribution in [0.15, 0.2) is 28.7 Å². The predicted octanol–water partition coefficient (Wildman–Crippen LogP) is 2.30. The van der Waals surface area contributed by atoms with Gasteiger partial charge in [0.1, 0.15) is 0 Å². The monoisotopic (exact) mass is 313 g/mol. The second-order valence-electron chi connectivity index (χ2n) is 4.28. The van der Waals surface area contributed by atoms with E-state index >= 15 is 0 Å². The first-order valence-corrected chi connectivity index (χ1v) is 6.76. The highest BCUT2D eigenvalue weighted by molar-refractivity contribution is 9.10. The SMILES string of the molecule is O=C(O)CC(c1ccccc1Br)N1CCOCC1. The van der Waals surface area contributed by atoms with E-state index in [0.717, 1.165) is 23.1 Å². The molecule has 1 atom stereocenters. The average Bonchev–Trinajstić information content (AvgIpc) is 2.38. The van der Waals surface area contributed by atoms with E-state index in [0.29, 0.717) is 13.2 Å². The number of carbonyl (C=O) groups is 1. The third-order valence-electron chi connectivity index (χ3n) is 3.12. The lowest BCUT2D eigenvalue weighted by Crippen LogP contribution is -2.40. The number of aliphatic carboxylic acids is 1. The van der Waals surface area contributed by atoms with Crippen molar-refractivity contribution in [1.29, 1.82) is 0 Å². The Morgan fingerprint density at radius 1 is 1.39 bits per heavy atom. The van der Waals surface area contributed by atoms with Crippen molar-refractivity contribution < 1.29 is 14.6 Å². The minimum absolute atomic E-state index is 0.0954. The number of hydrogen-bond donors (Lipinski definition) is 1. The van der Waals surface area contributed by atoms with Gasteiger partial charge in [-0.15, -0.1) is 0 Å². The average molecular weight is 314 g/mol. The Bertz CT molecular complexity index is 418. The van der Waals surface area contributed by atoms with Gasteiger partial charge in [0.05, 0.1) is 19.6 Å². The molecule has 0 amide bonds. The van der Waals surface area contributed by atoms with Crippen LogP contribution in [0, 0.1) is 0 Å². The van der Waals surface area contributed by atoms with E-state index in [9.17, 15) is 4.79 Å². The van der Waals surface area contributed by atoms with Crippen LogP contribution in [0.5, 0.6) is 0 Å². The molecule has 5 heteroatoms. The smallest absolute Gasteiger partial charge is 0.305 e. The summed E-state index contributed by atoms with van der Waals surface area (Å²) < 4.78 is 6.28. The van der Waals surface area contributed by atoms with Gasteiger partial charge in [-0.2, -0.15) is 0 Å². The largest absolute Gasteiger partial charge is 0.481 e. The summed E-state index contributed by atoms with van der Waals surface area (Å²) in [6.45, 7) is 2.89. The molecule has 18 heavy (non-hydrogen) atoms. The molecule has 0 spiro atoms. The van der Waals surface area contributed by atoms with E-state index in [4.69, 9.17) is 9.84 Å². The minimum atomic E-state index is -0.776. The number of morpholine rings is 1. The molecule has 2 rings (SSSR count). The van der Waals surface area contributed by atoms with Gasteiger partial charge in [0.15, 0.2) is 0 Å². The van der Waals surface area contributed by atoms with E-state index in [-0.39, 0.29) is 12.5 Å². The van der Waals surface area contributed by atoms with Crippen LogP contribution < -0.4 is 0 Å². The molecular formula is C13H16BrNO3. The summed E-state index contributed by atoms with van der Waals surface area (Å²) in [4.78, 5) is 13.2. The van der Waals surface area contributed by atoms with Gasteiger partial charge < -0.3 is 9.84 Å². The lowest BCUT2D eigenvalue weighted by molar-refractivity contribution is -0.139. The minimum Gasteiger partial charge on any atom is -0.481 e. The number of ether oxygens (including phenoxy) is 1. The van der Waals surface area contributed by atoms with Crippen LogP contribution in [0.25, 0.3) is 0 Å². The van der Waals surface area contributed by atoms with Crippen LogP contribution in [0.1, 0.15) is 18.0 Å². The van der Waals surface area contributed by atoms with Gasteiger partial charge in [-0.05, 0) is 11.6 Å². The van der Waals surface area contributed by atoms with Crippen LogP contribution >= 0.6 is 15.9 Å². The Morgan fingerprint density at radius 2 is 2.06 bits per heavy atom. The zero-order chi connectivity index (χ0) is 13.0. The molecule has 1 fully saturated rings. The summed E-state index contributed by atoms with van der Waals surface area (Å²) in [5.74, 6) is -0.776. The number of hydrogen-bond acceptors (Lipinski definition) is 3. The Balaban J connectivity index is 2.24. The molecule has 0 aliphatic carbocycles. The summed E-state index contributed by atoms with van der Waals surface area (Å²) in [5.41, 5.74) is 1.03. The van der Waals surface area contributed by atoms with Crippen LogP contribution in [0.4, 0.5) is 0 Å². The number of carboxylic acid groups (broad SMARTS) is 1. The van der Waals surface area contributed by atoms with Crippen molar-refractivity contribution in [3.05, 3.63) is 34.3 Å². The van der Waals surface area contributed by atoms with Gasteiger partial charge in [-0.25, -0.2) is 0 Å². The molecule has 1 saturated heterocycles. The number of rotatable bonds is 4. The Hall–Kier alpha value is -0.910. The molecule has 1 aromatic rings. The first kappa shape index (κ1) is 13.5. The predicted molar refractivity (Wildman–Crippen MR) is 71.5 cm³/mol. The Labute approximate surface area is 115 Å². The maximum absolute atomic E-state index is 11.1. The van der Waals surface area contributed by atoms with Gasteiger partial charge in [0.2, 0.25) is 0 Å². The van der Waals surface area contributed by atoms with Gasteiger partial charge >= 0.3 is 5.97 Å². The summed E-state index contributed by atoms with van der Waals surface area (Å²) in [7, 11) is 0. The van der Waals surface area contributed by atoms with Crippen molar-refractivity contribution in [2.75, 3.05) is 26.3 Å². The summed E-state index contributed by atoms with van der Waals surface area (Å²) in [6.07, 6.45) is 0.114. The normalized spacial score (nSPS) is 18.5. The lowest BCUT2D eigenvalue weighted by Gasteiger charge is -2.34. The zero-order valence-corrected chi connectivity index (χ0v) is 11.6. The maximum atomic E-state index is 11.1. The second-order valence-corrected chi connectivity index (χ2v) is 5.14. The molecule has 0 aromatic heterocycles. The molecule has 1 aliphatic heterocycles. The molecule has 1 aromatic carbocycles. The quantitative estimate of drug-likeness (QED) is 0.926. The van der Waals surface area contributed by atoms with E-state index in [1.165, 1.54) is 0 Å². The molecule has 1 heterocycles. The summed E-state index contributed by atoms with van der Waals surface area (Å²) in [6, 6.07) is 7.71. The highest BCUT2D eigenvalue weighted by Crippen LogP contribution is 2.30. The van der Waals surface area contributed by atoms with Crippen molar-refractivity contribution in [2.24, 2.45) is 0 Å². The van der Waals surface area contributed by atoms with E-state index in [2.05, 4.69) is 20.8 Å². The van der Waals surface area contributed by atoms with Gasteiger partial charge in [0.25, 0.3) is 0 Å².